The highest BCUT2D eigenvalue weighted by molar-refractivity contribution is 14.1. The van der Waals surface area contributed by atoms with Crippen molar-refractivity contribution in [2.75, 3.05) is 13.2 Å². The number of benzene rings is 1. The number of carbonyl (C=O) groups excluding carboxylic acids is 1. The van der Waals surface area contributed by atoms with Crippen LogP contribution in [0.5, 0.6) is 5.75 Å². The van der Waals surface area contributed by atoms with E-state index in [-0.39, 0.29) is 24.2 Å². The Labute approximate surface area is 129 Å². The number of carboxylic acids is 1. The molecular weight excluding hydrogens is 377 g/mol. The van der Waals surface area contributed by atoms with Crippen LogP contribution in [0.2, 0.25) is 0 Å². The van der Waals surface area contributed by atoms with Crippen molar-refractivity contribution in [3.05, 3.63) is 27.3 Å². The van der Waals surface area contributed by atoms with Crippen LogP contribution in [-0.4, -0.2) is 40.8 Å². The minimum absolute atomic E-state index is 0.00500. The fourth-order valence-electron chi connectivity index (χ4n) is 2.06. The van der Waals surface area contributed by atoms with Gasteiger partial charge in [0.05, 0.1) is 3.57 Å². The van der Waals surface area contributed by atoms with Gasteiger partial charge in [0.1, 0.15) is 11.3 Å². The van der Waals surface area contributed by atoms with Gasteiger partial charge in [-0.3, -0.25) is 4.79 Å². The molecule has 1 heterocycles. The van der Waals surface area contributed by atoms with Crippen LogP contribution in [-0.2, 0) is 9.53 Å². The first-order valence-electron chi connectivity index (χ1n) is 6.07. The number of phenols is 1. The van der Waals surface area contributed by atoms with E-state index < -0.39 is 17.4 Å². The Balaban J connectivity index is 2.20. The molecule has 0 radical (unpaired) electrons. The number of nitrogens with one attached hydrogen (secondary N) is 1. The van der Waals surface area contributed by atoms with Gasteiger partial charge in [0.15, 0.2) is 0 Å². The second-order valence-electron chi connectivity index (χ2n) is 4.62. The summed E-state index contributed by atoms with van der Waals surface area (Å²) in [5, 5.41) is 21.5. The first-order valence-corrected chi connectivity index (χ1v) is 7.15. The Morgan fingerprint density at radius 1 is 1.30 bits per heavy atom. The van der Waals surface area contributed by atoms with Crippen LogP contribution < -0.4 is 5.32 Å². The molecule has 2 rings (SSSR count). The summed E-state index contributed by atoms with van der Waals surface area (Å²) in [4.78, 5) is 23.6. The predicted molar refractivity (Wildman–Crippen MR) is 78.7 cm³/mol. The van der Waals surface area contributed by atoms with Crippen molar-refractivity contribution in [2.45, 2.75) is 18.4 Å². The smallest absolute Gasteiger partial charge is 0.329 e. The van der Waals surface area contributed by atoms with Gasteiger partial charge in [-0.15, -0.1) is 0 Å². The maximum Gasteiger partial charge on any atom is 0.329 e. The molecule has 1 saturated heterocycles. The third kappa shape index (κ3) is 3.04. The fraction of sp³-hybridized carbons (Fsp3) is 0.385. The molecule has 1 aromatic carbocycles. The maximum atomic E-state index is 12.2. The second-order valence-corrected chi connectivity index (χ2v) is 5.78. The van der Waals surface area contributed by atoms with Crippen molar-refractivity contribution in [3.63, 3.8) is 0 Å². The predicted octanol–water partition coefficient (Wildman–Crippen LogP) is 1.36. The Kier molecular flexibility index (Phi) is 4.48. The quantitative estimate of drug-likeness (QED) is 0.677. The SMILES string of the molecule is O=C(NC1(C(=O)O)CCOCC1)c1ccc(I)c(O)c1. The Morgan fingerprint density at radius 2 is 1.95 bits per heavy atom. The molecule has 7 heteroatoms. The lowest BCUT2D eigenvalue weighted by atomic mass is 9.89. The van der Waals surface area contributed by atoms with E-state index in [9.17, 15) is 19.8 Å². The van der Waals surface area contributed by atoms with Crippen LogP contribution in [0.1, 0.15) is 23.2 Å². The van der Waals surface area contributed by atoms with Crippen molar-refractivity contribution in [3.8, 4) is 5.75 Å². The number of phenolic OH excluding ortho intramolecular Hbond substituents is 1. The number of halogens is 1. The first-order chi connectivity index (χ1) is 9.44. The van der Waals surface area contributed by atoms with Crippen molar-refractivity contribution in [1.82, 2.24) is 5.32 Å². The zero-order chi connectivity index (χ0) is 14.8. The van der Waals surface area contributed by atoms with E-state index in [1.807, 2.05) is 22.6 Å². The Hall–Kier alpha value is -1.35. The summed E-state index contributed by atoms with van der Waals surface area (Å²) in [6, 6.07) is 4.47. The minimum atomic E-state index is -1.30. The van der Waals surface area contributed by atoms with Gasteiger partial charge in [-0.05, 0) is 40.8 Å². The van der Waals surface area contributed by atoms with Gasteiger partial charge in [0.25, 0.3) is 5.91 Å². The summed E-state index contributed by atoms with van der Waals surface area (Å²) in [6.07, 6.45) is 0.453. The van der Waals surface area contributed by atoms with Gasteiger partial charge < -0.3 is 20.3 Å². The molecule has 1 fully saturated rings. The fourth-order valence-corrected chi connectivity index (χ4v) is 2.39. The van der Waals surface area contributed by atoms with Crippen LogP contribution in [0.25, 0.3) is 0 Å². The molecule has 0 aliphatic carbocycles. The molecule has 6 nitrogen and oxygen atoms in total. The normalized spacial score (nSPS) is 17.4. The summed E-state index contributed by atoms with van der Waals surface area (Å²) in [5.41, 5.74) is -1.07. The minimum Gasteiger partial charge on any atom is -0.507 e. The van der Waals surface area contributed by atoms with E-state index in [2.05, 4.69) is 5.32 Å². The van der Waals surface area contributed by atoms with Crippen molar-refractivity contribution < 1.29 is 24.5 Å². The third-order valence-electron chi connectivity index (χ3n) is 3.32. The van der Waals surface area contributed by atoms with Crippen LogP contribution in [0.15, 0.2) is 18.2 Å². The number of carbonyl (C=O) groups is 2. The van der Waals surface area contributed by atoms with Crippen LogP contribution in [0.3, 0.4) is 0 Å². The topological polar surface area (TPSA) is 95.9 Å². The average molecular weight is 391 g/mol. The number of hydrogen-bond donors (Lipinski definition) is 3. The van der Waals surface area contributed by atoms with Crippen LogP contribution in [0, 0.1) is 3.57 Å². The maximum absolute atomic E-state index is 12.2. The number of aromatic hydroxyl groups is 1. The number of amides is 1. The van der Waals surface area contributed by atoms with Crippen LogP contribution >= 0.6 is 22.6 Å². The molecule has 1 aliphatic heterocycles. The van der Waals surface area contributed by atoms with E-state index in [4.69, 9.17) is 4.74 Å². The Morgan fingerprint density at radius 3 is 2.50 bits per heavy atom. The summed E-state index contributed by atoms with van der Waals surface area (Å²) in [6.45, 7) is 0.592. The summed E-state index contributed by atoms with van der Waals surface area (Å²) >= 11 is 1.94. The molecule has 0 spiro atoms. The molecule has 0 atom stereocenters. The number of aliphatic carboxylic acids is 1. The van der Waals surface area contributed by atoms with E-state index in [0.717, 1.165) is 0 Å². The molecule has 3 N–H and O–H groups in total. The molecule has 108 valence electrons. The second kappa shape index (κ2) is 5.96. The van der Waals surface area contributed by atoms with Crippen molar-refractivity contribution in [2.24, 2.45) is 0 Å². The zero-order valence-electron chi connectivity index (χ0n) is 10.6. The molecule has 20 heavy (non-hydrogen) atoms. The molecule has 1 aliphatic rings. The van der Waals surface area contributed by atoms with Gasteiger partial charge in [0, 0.05) is 31.6 Å². The van der Waals surface area contributed by atoms with Gasteiger partial charge in [-0.25, -0.2) is 4.79 Å². The molecule has 1 aromatic rings. The van der Waals surface area contributed by atoms with Gasteiger partial charge in [0.2, 0.25) is 0 Å². The lowest BCUT2D eigenvalue weighted by molar-refractivity contribution is -0.148. The van der Waals surface area contributed by atoms with E-state index >= 15 is 0 Å². The lowest BCUT2D eigenvalue weighted by Gasteiger charge is -2.33. The first kappa shape index (κ1) is 15.0. The molecule has 0 aromatic heterocycles. The number of ether oxygens (including phenoxy) is 1. The average Bonchev–Trinajstić information content (AvgIpc) is 2.42. The highest BCUT2D eigenvalue weighted by Gasteiger charge is 2.41. The van der Waals surface area contributed by atoms with E-state index in [1.54, 1.807) is 12.1 Å². The summed E-state index contributed by atoms with van der Waals surface area (Å²) in [5.74, 6) is -1.58. The molecule has 0 unspecified atom stereocenters. The monoisotopic (exact) mass is 391 g/mol. The highest BCUT2D eigenvalue weighted by Crippen LogP contribution is 2.24. The lowest BCUT2D eigenvalue weighted by Crippen LogP contribution is -2.57. The van der Waals surface area contributed by atoms with Gasteiger partial charge in [-0.2, -0.15) is 0 Å². The zero-order valence-corrected chi connectivity index (χ0v) is 12.7. The molecular formula is C13H14INO5. The number of hydrogen-bond acceptors (Lipinski definition) is 4. The third-order valence-corrected chi connectivity index (χ3v) is 4.23. The highest BCUT2D eigenvalue weighted by atomic mass is 127. The molecule has 0 bridgehead atoms. The summed E-state index contributed by atoms with van der Waals surface area (Å²) < 4.78 is 5.76. The number of carboxylic acid groups (broad SMARTS) is 1. The molecule has 0 saturated carbocycles. The largest absolute Gasteiger partial charge is 0.507 e. The summed E-state index contributed by atoms with van der Waals surface area (Å²) in [7, 11) is 0. The van der Waals surface area contributed by atoms with E-state index in [1.165, 1.54) is 6.07 Å². The van der Waals surface area contributed by atoms with Gasteiger partial charge in [-0.1, -0.05) is 0 Å². The van der Waals surface area contributed by atoms with Crippen LogP contribution in [0.4, 0.5) is 0 Å². The molecule has 1 amide bonds. The van der Waals surface area contributed by atoms with Crippen molar-refractivity contribution >= 4 is 34.5 Å². The standard InChI is InChI=1S/C13H14INO5/c14-9-2-1-8(7-10(9)16)11(17)15-13(12(18)19)3-5-20-6-4-13/h1-2,7,16H,3-6H2,(H,15,17)(H,18,19). The Bertz CT molecular complexity index is 540. The van der Waals surface area contributed by atoms with E-state index in [0.29, 0.717) is 16.8 Å². The van der Waals surface area contributed by atoms with Gasteiger partial charge >= 0.3 is 5.97 Å². The number of rotatable bonds is 3. The van der Waals surface area contributed by atoms with Crippen molar-refractivity contribution in [1.29, 1.82) is 0 Å².